The van der Waals surface area contributed by atoms with E-state index in [0.717, 1.165) is 24.1 Å². The van der Waals surface area contributed by atoms with Crippen molar-refractivity contribution in [2.45, 2.75) is 39.7 Å². The summed E-state index contributed by atoms with van der Waals surface area (Å²) < 4.78 is 0. The van der Waals surface area contributed by atoms with Gasteiger partial charge < -0.3 is 5.32 Å². The van der Waals surface area contributed by atoms with Crippen LogP contribution in [0, 0.1) is 17.0 Å². The first-order valence-electron chi connectivity index (χ1n) is 6.05. The fourth-order valence-electron chi connectivity index (χ4n) is 1.93. The molecule has 0 fully saturated rings. The summed E-state index contributed by atoms with van der Waals surface area (Å²) in [6.45, 7) is 6.90. The zero-order chi connectivity index (χ0) is 12.8. The minimum Gasteiger partial charge on any atom is -0.314 e. The van der Waals surface area contributed by atoms with Crippen molar-refractivity contribution in [3.63, 3.8) is 0 Å². The Morgan fingerprint density at radius 3 is 2.65 bits per heavy atom. The zero-order valence-electron chi connectivity index (χ0n) is 10.7. The third-order valence-corrected chi connectivity index (χ3v) is 2.89. The molecule has 4 heteroatoms. The Morgan fingerprint density at radius 1 is 1.41 bits per heavy atom. The molecule has 0 amide bonds. The predicted molar refractivity (Wildman–Crippen MR) is 69.3 cm³/mol. The van der Waals surface area contributed by atoms with Gasteiger partial charge in [-0.1, -0.05) is 26.0 Å². The summed E-state index contributed by atoms with van der Waals surface area (Å²) in [5.74, 6) is 0. The molecule has 1 atom stereocenters. The first kappa shape index (κ1) is 13.6. The van der Waals surface area contributed by atoms with E-state index in [-0.39, 0.29) is 10.6 Å². The molecule has 0 aromatic heterocycles. The number of nitro groups is 1. The lowest BCUT2D eigenvalue weighted by molar-refractivity contribution is -0.385. The summed E-state index contributed by atoms with van der Waals surface area (Å²) in [6.07, 6.45) is 1.68. The van der Waals surface area contributed by atoms with Gasteiger partial charge in [0, 0.05) is 17.7 Å². The lowest BCUT2D eigenvalue weighted by Gasteiger charge is -2.15. The molecule has 0 aliphatic heterocycles. The Kier molecular flexibility index (Phi) is 5.10. The quantitative estimate of drug-likeness (QED) is 0.610. The van der Waals surface area contributed by atoms with E-state index in [1.165, 1.54) is 0 Å². The summed E-state index contributed by atoms with van der Waals surface area (Å²) in [6, 6.07) is 5.75. The molecule has 1 N–H and O–H groups in total. The van der Waals surface area contributed by atoms with Gasteiger partial charge in [-0.15, -0.1) is 0 Å². The Bertz CT molecular complexity index is 391. The minimum atomic E-state index is -0.291. The van der Waals surface area contributed by atoms with Gasteiger partial charge in [-0.05, 0) is 31.9 Å². The van der Waals surface area contributed by atoms with Crippen LogP contribution < -0.4 is 5.32 Å². The van der Waals surface area contributed by atoms with Gasteiger partial charge in [0.15, 0.2) is 0 Å². The second-order valence-electron chi connectivity index (χ2n) is 4.26. The number of nitro benzene ring substituents is 1. The highest BCUT2D eigenvalue weighted by Gasteiger charge is 2.16. The van der Waals surface area contributed by atoms with Crippen molar-refractivity contribution >= 4 is 5.69 Å². The normalized spacial score (nSPS) is 12.4. The molecule has 0 spiro atoms. The van der Waals surface area contributed by atoms with Gasteiger partial charge in [0.2, 0.25) is 0 Å². The number of likely N-dealkylation sites (N-methyl/N-ethyl adjacent to an activating group) is 1. The molecular weight excluding hydrogens is 216 g/mol. The van der Waals surface area contributed by atoms with Crippen molar-refractivity contribution in [3.05, 3.63) is 39.4 Å². The largest absolute Gasteiger partial charge is 0.314 e. The fourth-order valence-corrected chi connectivity index (χ4v) is 1.93. The maximum Gasteiger partial charge on any atom is 0.272 e. The Balaban J connectivity index is 2.92. The first-order valence-corrected chi connectivity index (χ1v) is 6.05. The standard InChI is InChI=1S/C13H20N2O2/c1-4-12(14-5-2)9-11-7-6-10(3)8-13(11)15(16)17/h6-8,12,14H,4-5,9H2,1-3H3. The molecular formula is C13H20N2O2. The summed E-state index contributed by atoms with van der Waals surface area (Å²) in [5, 5.41) is 14.3. The second-order valence-corrected chi connectivity index (χ2v) is 4.26. The van der Waals surface area contributed by atoms with Crippen LogP contribution in [0.1, 0.15) is 31.4 Å². The second kappa shape index (κ2) is 6.35. The van der Waals surface area contributed by atoms with Gasteiger partial charge in [-0.2, -0.15) is 0 Å². The van der Waals surface area contributed by atoms with Crippen LogP contribution in [0.5, 0.6) is 0 Å². The average Bonchev–Trinajstić information content (AvgIpc) is 2.30. The molecule has 1 rings (SSSR count). The van der Waals surface area contributed by atoms with E-state index in [1.54, 1.807) is 6.07 Å². The molecule has 0 aliphatic carbocycles. The van der Waals surface area contributed by atoms with Crippen LogP contribution in [-0.4, -0.2) is 17.5 Å². The summed E-state index contributed by atoms with van der Waals surface area (Å²) in [7, 11) is 0. The number of benzene rings is 1. The molecule has 0 aliphatic rings. The van der Waals surface area contributed by atoms with E-state index in [2.05, 4.69) is 12.2 Å². The van der Waals surface area contributed by atoms with Crippen LogP contribution in [0.4, 0.5) is 5.69 Å². The number of hydrogen-bond donors (Lipinski definition) is 1. The smallest absolute Gasteiger partial charge is 0.272 e. The molecule has 17 heavy (non-hydrogen) atoms. The van der Waals surface area contributed by atoms with Crippen molar-refractivity contribution in [3.8, 4) is 0 Å². The van der Waals surface area contributed by atoms with Gasteiger partial charge in [-0.25, -0.2) is 0 Å². The number of rotatable bonds is 6. The average molecular weight is 236 g/mol. The van der Waals surface area contributed by atoms with Gasteiger partial charge in [0.25, 0.3) is 5.69 Å². The third-order valence-electron chi connectivity index (χ3n) is 2.89. The fraction of sp³-hybridized carbons (Fsp3) is 0.538. The van der Waals surface area contributed by atoms with Crippen molar-refractivity contribution in [2.75, 3.05) is 6.54 Å². The highest BCUT2D eigenvalue weighted by molar-refractivity contribution is 5.43. The van der Waals surface area contributed by atoms with Crippen LogP contribution in [0.25, 0.3) is 0 Å². The molecule has 0 saturated heterocycles. The van der Waals surface area contributed by atoms with Gasteiger partial charge >= 0.3 is 0 Å². The Labute approximate surface area is 102 Å². The third kappa shape index (κ3) is 3.82. The monoisotopic (exact) mass is 236 g/mol. The maximum atomic E-state index is 11.0. The molecule has 0 radical (unpaired) electrons. The lowest BCUT2D eigenvalue weighted by Crippen LogP contribution is -2.30. The molecule has 94 valence electrons. The van der Waals surface area contributed by atoms with Crippen LogP contribution in [0.15, 0.2) is 18.2 Å². The van der Waals surface area contributed by atoms with Crippen LogP contribution >= 0.6 is 0 Å². The molecule has 0 bridgehead atoms. The SMILES string of the molecule is CCNC(CC)Cc1ccc(C)cc1[N+](=O)[O-]. The molecule has 1 aromatic rings. The van der Waals surface area contributed by atoms with Crippen LogP contribution in [0.3, 0.4) is 0 Å². The van der Waals surface area contributed by atoms with Crippen molar-refractivity contribution in [2.24, 2.45) is 0 Å². The van der Waals surface area contributed by atoms with E-state index in [0.29, 0.717) is 12.5 Å². The Morgan fingerprint density at radius 2 is 2.12 bits per heavy atom. The van der Waals surface area contributed by atoms with Gasteiger partial charge in [0.05, 0.1) is 4.92 Å². The molecule has 1 aromatic carbocycles. The van der Waals surface area contributed by atoms with E-state index < -0.39 is 0 Å². The predicted octanol–water partition coefficient (Wildman–Crippen LogP) is 2.83. The minimum absolute atomic E-state index is 0.237. The first-order chi connectivity index (χ1) is 8.08. The summed E-state index contributed by atoms with van der Waals surface area (Å²) in [5.41, 5.74) is 1.98. The van der Waals surface area contributed by atoms with Crippen molar-refractivity contribution < 1.29 is 4.92 Å². The number of nitrogens with one attached hydrogen (secondary N) is 1. The van der Waals surface area contributed by atoms with E-state index in [1.807, 2.05) is 26.0 Å². The lowest BCUT2D eigenvalue weighted by atomic mass is 10.0. The number of aryl methyl sites for hydroxylation is 1. The van der Waals surface area contributed by atoms with E-state index in [4.69, 9.17) is 0 Å². The molecule has 0 saturated carbocycles. The molecule has 1 unspecified atom stereocenters. The topological polar surface area (TPSA) is 55.2 Å². The van der Waals surface area contributed by atoms with Crippen molar-refractivity contribution in [1.29, 1.82) is 0 Å². The van der Waals surface area contributed by atoms with Crippen LogP contribution in [0.2, 0.25) is 0 Å². The van der Waals surface area contributed by atoms with E-state index in [9.17, 15) is 10.1 Å². The number of nitrogens with zero attached hydrogens (tertiary/aromatic N) is 1. The number of hydrogen-bond acceptors (Lipinski definition) is 3. The van der Waals surface area contributed by atoms with E-state index >= 15 is 0 Å². The van der Waals surface area contributed by atoms with Crippen molar-refractivity contribution in [1.82, 2.24) is 5.32 Å². The zero-order valence-corrected chi connectivity index (χ0v) is 10.7. The van der Waals surface area contributed by atoms with Crippen LogP contribution in [-0.2, 0) is 6.42 Å². The highest BCUT2D eigenvalue weighted by atomic mass is 16.6. The summed E-state index contributed by atoms with van der Waals surface area (Å²) >= 11 is 0. The van der Waals surface area contributed by atoms with Gasteiger partial charge in [0.1, 0.15) is 0 Å². The highest BCUT2D eigenvalue weighted by Crippen LogP contribution is 2.22. The molecule has 0 heterocycles. The maximum absolute atomic E-state index is 11.0. The van der Waals surface area contributed by atoms with Gasteiger partial charge in [-0.3, -0.25) is 10.1 Å². The summed E-state index contributed by atoms with van der Waals surface area (Å²) in [4.78, 5) is 10.7. The molecule has 4 nitrogen and oxygen atoms in total. The Hall–Kier alpha value is -1.42.